The van der Waals surface area contributed by atoms with E-state index in [4.69, 9.17) is 4.74 Å². The Balaban J connectivity index is 1.63. The van der Waals surface area contributed by atoms with Gasteiger partial charge < -0.3 is 15.4 Å². The molecule has 1 aromatic rings. The maximum Gasteiger partial charge on any atom is 0.321 e. The van der Waals surface area contributed by atoms with E-state index in [1.54, 1.807) is 4.90 Å². The molecule has 2 saturated heterocycles. The molecule has 2 fully saturated rings. The van der Waals surface area contributed by atoms with Gasteiger partial charge in [0, 0.05) is 43.5 Å². The summed E-state index contributed by atoms with van der Waals surface area (Å²) in [6.45, 7) is 4.10. The number of amides is 2. The van der Waals surface area contributed by atoms with Gasteiger partial charge in [-0.1, -0.05) is 6.07 Å². The first kappa shape index (κ1) is 12.3. The Morgan fingerprint density at radius 1 is 1.47 bits per heavy atom. The molecule has 5 heteroatoms. The third-order valence-corrected chi connectivity index (χ3v) is 3.63. The highest BCUT2D eigenvalue weighted by Crippen LogP contribution is 2.22. The second-order valence-electron chi connectivity index (χ2n) is 5.04. The molecule has 1 atom stereocenters. The van der Waals surface area contributed by atoms with Crippen molar-refractivity contribution >= 4 is 17.4 Å². The molecule has 5 nitrogen and oxygen atoms in total. The standard InChI is InChI=1S/C14H19N3O2/c18-14-15-5-6-17(14)13-3-1-2-12(8-13)16-9-11-4-7-19-10-11/h1-3,8,11,16H,4-7,9-10H2,(H,15,18). The van der Waals surface area contributed by atoms with E-state index in [9.17, 15) is 4.79 Å². The lowest BCUT2D eigenvalue weighted by Gasteiger charge is -2.16. The third kappa shape index (κ3) is 2.81. The van der Waals surface area contributed by atoms with Gasteiger partial charge in [0.15, 0.2) is 0 Å². The van der Waals surface area contributed by atoms with Gasteiger partial charge in [-0.15, -0.1) is 0 Å². The van der Waals surface area contributed by atoms with Crippen LogP contribution >= 0.6 is 0 Å². The Kier molecular flexibility index (Phi) is 3.55. The van der Waals surface area contributed by atoms with Crippen LogP contribution in [0, 0.1) is 5.92 Å². The fraction of sp³-hybridized carbons (Fsp3) is 0.500. The van der Waals surface area contributed by atoms with Crippen LogP contribution in [0.5, 0.6) is 0 Å². The van der Waals surface area contributed by atoms with Gasteiger partial charge in [-0.05, 0) is 24.6 Å². The van der Waals surface area contributed by atoms with Crippen LogP contribution < -0.4 is 15.5 Å². The Morgan fingerprint density at radius 3 is 3.16 bits per heavy atom. The zero-order chi connectivity index (χ0) is 13.1. The van der Waals surface area contributed by atoms with E-state index < -0.39 is 0 Å². The van der Waals surface area contributed by atoms with Crippen molar-refractivity contribution in [3.63, 3.8) is 0 Å². The molecular weight excluding hydrogens is 242 g/mol. The number of carbonyl (C=O) groups is 1. The van der Waals surface area contributed by atoms with Gasteiger partial charge in [0.2, 0.25) is 0 Å². The van der Waals surface area contributed by atoms with E-state index >= 15 is 0 Å². The van der Waals surface area contributed by atoms with Crippen molar-refractivity contribution in [2.45, 2.75) is 6.42 Å². The highest BCUT2D eigenvalue weighted by Gasteiger charge is 2.21. The fourth-order valence-electron chi connectivity index (χ4n) is 2.51. The molecule has 0 aromatic heterocycles. The van der Waals surface area contributed by atoms with Crippen LogP contribution in [0.2, 0.25) is 0 Å². The number of benzene rings is 1. The zero-order valence-electron chi connectivity index (χ0n) is 10.9. The predicted octanol–water partition coefficient (Wildman–Crippen LogP) is 1.66. The summed E-state index contributed by atoms with van der Waals surface area (Å²) in [5.74, 6) is 0.596. The molecule has 0 spiro atoms. The van der Waals surface area contributed by atoms with Crippen LogP contribution in [0.3, 0.4) is 0 Å². The van der Waals surface area contributed by atoms with Gasteiger partial charge in [0.1, 0.15) is 0 Å². The number of hydrogen-bond acceptors (Lipinski definition) is 3. The summed E-state index contributed by atoms with van der Waals surface area (Å²) in [4.78, 5) is 13.4. The van der Waals surface area contributed by atoms with E-state index in [2.05, 4.69) is 10.6 Å². The molecule has 2 heterocycles. The van der Waals surface area contributed by atoms with Crippen molar-refractivity contribution in [2.24, 2.45) is 5.92 Å². The van der Waals surface area contributed by atoms with Gasteiger partial charge in [0.05, 0.1) is 6.61 Å². The average Bonchev–Trinajstić information content (AvgIpc) is 3.08. The minimum Gasteiger partial charge on any atom is -0.385 e. The summed E-state index contributed by atoms with van der Waals surface area (Å²) in [6, 6.07) is 8.00. The van der Waals surface area contributed by atoms with Crippen LogP contribution in [0.4, 0.5) is 16.2 Å². The number of hydrogen-bond donors (Lipinski definition) is 2. The zero-order valence-corrected chi connectivity index (χ0v) is 10.9. The molecule has 19 heavy (non-hydrogen) atoms. The first-order valence-corrected chi connectivity index (χ1v) is 6.80. The number of anilines is 2. The van der Waals surface area contributed by atoms with Crippen molar-refractivity contribution in [1.29, 1.82) is 0 Å². The molecule has 102 valence electrons. The lowest BCUT2D eigenvalue weighted by molar-refractivity contribution is 0.187. The first-order chi connectivity index (χ1) is 9.33. The van der Waals surface area contributed by atoms with E-state index in [1.807, 2.05) is 24.3 Å². The average molecular weight is 261 g/mol. The monoisotopic (exact) mass is 261 g/mol. The summed E-state index contributed by atoms with van der Waals surface area (Å²) in [7, 11) is 0. The van der Waals surface area contributed by atoms with E-state index in [1.165, 1.54) is 0 Å². The lowest BCUT2D eigenvalue weighted by atomic mass is 10.1. The molecule has 2 amide bonds. The third-order valence-electron chi connectivity index (χ3n) is 3.63. The Hall–Kier alpha value is -1.75. The summed E-state index contributed by atoms with van der Waals surface area (Å²) >= 11 is 0. The van der Waals surface area contributed by atoms with E-state index in [0.717, 1.165) is 50.6 Å². The summed E-state index contributed by atoms with van der Waals surface area (Å²) in [5, 5.41) is 6.24. The Labute approximate surface area is 112 Å². The molecule has 1 aromatic carbocycles. The van der Waals surface area contributed by atoms with Crippen molar-refractivity contribution in [1.82, 2.24) is 5.32 Å². The van der Waals surface area contributed by atoms with Gasteiger partial charge in [0.25, 0.3) is 0 Å². The van der Waals surface area contributed by atoms with Crippen molar-refractivity contribution in [2.75, 3.05) is 43.1 Å². The van der Waals surface area contributed by atoms with Crippen LogP contribution in [0.15, 0.2) is 24.3 Å². The van der Waals surface area contributed by atoms with Crippen LogP contribution in [-0.2, 0) is 4.74 Å². The summed E-state index contributed by atoms with van der Waals surface area (Å²) < 4.78 is 5.36. The normalized spacial score (nSPS) is 22.6. The summed E-state index contributed by atoms with van der Waals surface area (Å²) in [6.07, 6.45) is 1.13. The second kappa shape index (κ2) is 5.48. The number of carbonyl (C=O) groups excluding carboxylic acids is 1. The minimum absolute atomic E-state index is 0.0126. The maximum absolute atomic E-state index is 11.6. The molecule has 2 aliphatic heterocycles. The van der Waals surface area contributed by atoms with Crippen molar-refractivity contribution in [3.8, 4) is 0 Å². The number of nitrogens with zero attached hydrogens (tertiary/aromatic N) is 1. The molecule has 0 radical (unpaired) electrons. The van der Waals surface area contributed by atoms with Crippen LogP contribution in [0.1, 0.15) is 6.42 Å². The second-order valence-corrected chi connectivity index (χ2v) is 5.04. The molecule has 2 aliphatic rings. The highest BCUT2D eigenvalue weighted by atomic mass is 16.5. The Morgan fingerprint density at radius 2 is 2.42 bits per heavy atom. The van der Waals surface area contributed by atoms with Gasteiger partial charge in [-0.3, -0.25) is 4.90 Å². The van der Waals surface area contributed by atoms with Crippen molar-refractivity contribution < 1.29 is 9.53 Å². The van der Waals surface area contributed by atoms with Crippen LogP contribution in [0.25, 0.3) is 0 Å². The lowest BCUT2D eigenvalue weighted by Crippen LogP contribution is -2.27. The number of rotatable bonds is 4. The Bertz CT molecular complexity index is 458. The predicted molar refractivity (Wildman–Crippen MR) is 74.6 cm³/mol. The molecule has 0 bridgehead atoms. The van der Waals surface area contributed by atoms with Crippen LogP contribution in [-0.4, -0.2) is 38.9 Å². The largest absolute Gasteiger partial charge is 0.385 e. The number of nitrogens with one attached hydrogen (secondary N) is 2. The highest BCUT2D eigenvalue weighted by molar-refractivity contribution is 5.94. The molecule has 1 unspecified atom stereocenters. The minimum atomic E-state index is -0.0126. The number of ether oxygens (including phenoxy) is 1. The molecule has 0 aliphatic carbocycles. The van der Waals surface area contributed by atoms with Gasteiger partial charge >= 0.3 is 6.03 Å². The smallest absolute Gasteiger partial charge is 0.321 e. The fourth-order valence-corrected chi connectivity index (χ4v) is 2.51. The number of urea groups is 1. The molecular formula is C14H19N3O2. The molecule has 2 N–H and O–H groups in total. The maximum atomic E-state index is 11.6. The molecule has 0 saturated carbocycles. The van der Waals surface area contributed by atoms with E-state index in [-0.39, 0.29) is 6.03 Å². The topological polar surface area (TPSA) is 53.6 Å². The van der Waals surface area contributed by atoms with Gasteiger partial charge in [-0.2, -0.15) is 0 Å². The van der Waals surface area contributed by atoms with E-state index in [0.29, 0.717) is 5.92 Å². The SMILES string of the molecule is O=C1NCCN1c1cccc(NCC2CCOC2)c1. The summed E-state index contributed by atoms with van der Waals surface area (Å²) in [5.41, 5.74) is 2.01. The van der Waals surface area contributed by atoms with Crippen molar-refractivity contribution in [3.05, 3.63) is 24.3 Å². The first-order valence-electron chi connectivity index (χ1n) is 6.80. The van der Waals surface area contributed by atoms with Gasteiger partial charge in [-0.25, -0.2) is 4.79 Å². The molecule has 3 rings (SSSR count). The quantitative estimate of drug-likeness (QED) is 0.866.